The first kappa shape index (κ1) is 15.6. The third-order valence-electron chi connectivity index (χ3n) is 5.09. The van der Waals surface area contributed by atoms with Crippen LogP contribution in [0.2, 0.25) is 0 Å². The highest BCUT2D eigenvalue weighted by molar-refractivity contribution is 7.99. The quantitative estimate of drug-likeness (QED) is 0.875. The Hall–Kier alpha value is -1.94. The molecule has 3 nitrogen and oxygen atoms in total. The normalized spacial score (nSPS) is 20.8. The Bertz CT molecular complexity index is 727. The number of carbonyl (C=O) groups is 1. The van der Waals surface area contributed by atoms with Crippen LogP contribution in [0.5, 0.6) is 0 Å². The fourth-order valence-corrected chi connectivity index (χ4v) is 4.59. The molecule has 24 heavy (non-hydrogen) atoms. The van der Waals surface area contributed by atoms with Crippen LogP contribution in [0.15, 0.2) is 59.5 Å². The Balaban J connectivity index is 1.37. The molecule has 1 fully saturated rings. The van der Waals surface area contributed by atoms with E-state index >= 15 is 0 Å². The van der Waals surface area contributed by atoms with Crippen molar-refractivity contribution in [2.24, 2.45) is 0 Å². The average molecular weight is 338 g/mol. The summed E-state index contributed by atoms with van der Waals surface area (Å²) >= 11 is 1.87. The summed E-state index contributed by atoms with van der Waals surface area (Å²) in [5.41, 5.74) is 2.73. The van der Waals surface area contributed by atoms with E-state index in [1.54, 1.807) is 0 Å². The van der Waals surface area contributed by atoms with Crippen LogP contribution in [0.4, 0.5) is 4.79 Å². The Labute approximate surface area is 147 Å². The second kappa shape index (κ2) is 6.52. The zero-order chi connectivity index (χ0) is 16.4. The smallest absolute Gasteiger partial charge is 0.315 e. The molecule has 2 amide bonds. The highest BCUT2D eigenvalue weighted by Gasteiger charge is 2.44. The SMILES string of the molecule is O=C(NCC1(c2ccccc2)CC1)N[C@@H]1CCSc2ccccc21. The molecule has 4 rings (SSSR count). The largest absolute Gasteiger partial charge is 0.337 e. The van der Waals surface area contributed by atoms with E-state index in [0.717, 1.165) is 25.0 Å². The lowest BCUT2D eigenvalue weighted by Crippen LogP contribution is -2.42. The van der Waals surface area contributed by atoms with Crippen LogP contribution in [0.25, 0.3) is 0 Å². The minimum Gasteiger partial charge on any atom is -0.337 e. The summed E-state index contributed by atoms with van der Waals surface area (Å²) < 4.78 is 0. The molecule has 1 heterocycles. The van der Waals surface area contributed by atoms with Gasteiger partial charge in [-0.3, -0.25) is 0 Å². The van der Waals surface area contributed by atoms with E-state index in [9.17, 15) is 4.79 Å². The lowest BCUT2D eigenvalue weighted by Gasteiger charge is -2.26. The third kappa shape index (κ3) is 3.16. The average Bonchev–Trinajstić information content (AvgIpc) is 3.42. The van der Waals surface area contributed by atoms with Gasteiger partial charge in [0.15, 0.2) is 0 Å². The molecule has 4 heteroatoms. The van der Waals surface area contributed by atoms with Crippen molar-refractivity contribution < 1.29 is 4.79 Å². The maximum absolute atomic E-state index is 12.4. The van der Waals surface area contributed by atoms with Gasteiger partial charge >= 0.3 is 6.03 Å². The summed E-state index contributed by atoms with van der Waals surface area (Å²) in [7, 11) is 0. The van der Waals surface area contributed by atoms with E-state index in [1.807, 2.05) is 23.9 Å². The third-order valence-corrected chi connectivity index (χ3v) is 6.21. The molecule has 0 spiro atoms. The molecule has 1 aliphatic carbocycles. The molecular formula is C20H22N2OS. The fourth-order valence-electron chi connectivity index (χ4n) is 3.46. The van der Waals surface area contributed by atoms with Crippen LogP contribution in [0.3, 0.4) is 0 Å². The van der Waals surface area contributed by atoms with E-state index < -0.39 is 0 Å². The molecule has 2 N–H and O–H groups in total. The van der Waals surface area contributed by atoms with Crippen molar-refractivity contribution in [3.05, 3.63) is 65.7 Å². The highest BCUT2D eigenvalue weighted by atomic mass is 32.2. The first-order valence-electron chi connectivity index (χ1n) is 8.58. The monoisotopic (exact) mass is 338 g/mol. The minimum atomic E-state index is -0.0519. The molecule has 124 valence electrons. The first-order chi connectivity index (χ1) is 11.8. The van der Waals surface area contributed by atoms with Crippen molar-refractivity contribution in [1.82, 2.24) is 10.6 Å². The second-order valence-corrected chi connectivity index (χ2v) is 7.84. The number of rotatable bonds is 4. The molecule has 1 saturated carbocycles. The molecule has 2 aromatic rings. The lowest BCUT2D eigenvalue weighted by atomic mass is 9.96. The van der Waals surface area contributed by atoms with Gasteiger partial charge in [-0.1, -0.05) is 48.5 Å². The zero-order valence-electron chi connectivity index (χ0n) is 13.6. The standard InChI is InChI=1S/C20H22N2OS/c23-19(21-14-20(11-12-20)15-6-2-1-3-7-15)22-17-10-13-24-18-9-5-4-8-16(17)18/h1-9,17H,10-14H2,(H2,21,22,23)/t17-/m1/s1. The maximum atomic E-state index is 12.4. The molecule has 2 aliphatic rings. The second-order valence-electron chi connectivity index (χ2n) is 6.70. The molecule has 0 saturated heterocycles. The molecule has 0 aromatic heterocycles. The van der Waals surface area contributed by atoms with Gasteiger partial charge in [-0.25, -0.2) is 4.79 Å². The summed E-state index contributed by atoms with van der Waals surface area (Å²) in [5.74, 6) is 1.05. The van der Waals surface area contributed by atoms with Gasteiger partial charge in [0, 0.05) is 22.6 Å². The van der Waals surface area contributed by atoms with Gasteiger partial charge in [0.2, 0.25) is 0 Å². The van der Waals surface area contributed by atoms with Crippen LogP contribution < -0.4 is 10.6 Å². The van der Waals surface area contributed by atoms with Gasteiger partial charge < -0.3 is 10.6 Å². The molecule has 0 radical (unpaired) electrons. The topological polar surface area (TPSA) is 41.1 Å². The maximum Gasteiger partial charge on any atom is 0.315 e. The lowest BCUT2D eigenvalue weighted by molar-refractivity contribution is 0.235. The number of nitrogens with one attached hydrogen (secondary N) is 2. The predicted octanol–water partition coefficient (Wildman–Crippen LogP) is 4.25. The van der Waals surface area contributed by atoms with Gasteiger partial charge in [0.05, 0.1) is 6.04 Å². The number of amides is 2. The number of urea groups is 1. The van der Waals surface area contributed by atoms with Crippen LogP contribution in [-0.4, -0.2) is 18.3 Å². The zero-order valence-corrected chi connectivity index (χ0v) is 14.4. The summed E-state index contributed by atoms with van der Waals surface area (Å²) in [5, 5.41) is 6.27. The van der Waals surface area contributed by atoms with Crippen molar-refractivity contribution >= 4 is 17.8 Å². The fraction of sp³-hybridized carbons (Fsp3) is 0.350. The van der Waals surface area contributed by atoms with E-state index in [-0.39, 0.29) is 17.5 Å². The molecule has 1 atom stereocenters. The van der Waals surface area contributed by atoms with Crippen LogP contribution in [-0.2, 0) is 5.41 Å². The highest BCUT2D eigenvalue weighted by Crippen LogP contribution is 2.47. The number of carbonyl (C=O) groups excluding carboxylic acids is 1. The predicted molar refractivity (Wildman–Crippen MR) is 98.4 cm³/mol. The van der Waals surface area contributed by atoms with E-state index in [4.69, 9.17) is 0 Å². The van der Waals surface area contributed by atoms with E-state index in [0.29, 0.717) is 6.54 Å². The molecule has 1 aliphatic heterocycles. The number of benzene rings is 2. The van der Waals surface area contributed by atoms with Crippen LogP contribution in [0, 0.1) is 0 Å². The Morgan fingerprint density at radius 1 is 1.08 bits per heavy atom. The van der Waals surface area contributed by atoms with Gasteiger partial charge in [-0.15, -0.1) is 11.8 Å². The molecule has 0 bridgehead atoms. The van der Waals surface area contributed by atoms with E-state index in [1.165, 1.54) is 16.0 Å². The van der Waals surface area contributed by atoms with Gasteiger partial charge in [0.25, 0.3) is 0 Å². The van der Waals surface area contributed by atoms with Crippen molar-refractivity contribution in [2.75, 3.05) is 12.3 Å². The first-order valence-corrected chi connectivity index (χ1v) is 9.57. The van der Waals surface area contributed by atoms with Gasteiger partial charge in [0.1, 0.15) is 0 Å². The number of thioether (sulfide) groups is 1. The van der Waals surface area contributed by atoms with Crippen LogP contribution >= 0.6 is 11.8 Å². The van der Waals surface area contributed by atoms with Crippen LogP contribution in [0.1, 0.15) is 36.4 Å². The molecular weight excluding hydrogens is 316 g/mol. The van der Waals surface area contributed by atoms with E-state index in [2.05, 4.69) is 53.1 Å². The number of hydrogen-bond acceptors (Lipinski definition) is 2. The van der Waals surface area contributed by atoms with Crippen molar-refractivity contribution in [3.63, 3.8) is 0 Å². The van der Waals surface area contributed by atoms with Crippen molar-refractivity contribution in [2.45, 2.75) is 35.6 Å². The summed E-state index contributed by atoms with van der Waals surface area (Å²) in [4.78, 5) is 13.7. The van der Waals surface area contributed by atoms with Gasteiger partial charge in [-0.2, -0.15) is 0 Å². The number of hydrogen-bond donors (Lipinski definition) is 2. The number of fused-ring (bicyclic) bond motifs is 1. The summed E-state index contributed by atoms with van der Waals surface area (Å²) in [6, 6.07) is 19.0. The Morgan fingerprint density at radius 2 is 1.83 bits per heavy atom. The molecule has 2 aromatic carbocycles. The molecule has 0 unspecified atom stereocenters. The Morgan fingerprint density at radius 3 is 2.62 bits per heavy atom. The summed E-state index contributed by atoms with van der Waals surface area (Å²) in [6.45, 7) is 0.714. The van der Waals surface area contributed by atoms with Crippen molar-refractivity contribution in [3.8, 4) is 0 Å². The van der Waals surface area contributed by atoms with Crippen molar-refractivity contribution in [1.29, 1.82) is 0 Å². The summed E-state index contributed by atoms with van der Waals surface area (Å²) in [6.07, 6.45) is 3.29. The minimum absolute atomic E-state index is 0.0519. The Kier molecular flexibility index (Phi) is 4.23. The van der Waals surface area contributed by atoms with Gasteiger partial charge in [-0.05, 0) is 36.5 Å².